The van der Waals surface area contributed by atoms with Gasteiger partial charge in [-0.1, -0.05) is 23.2 Å². The normalized spacial score (nSPS) is 11.9. The first kappa shape index (κ1) is 14.0. The van der Waals surface area contributed by atoms with E-state index in [4.69, 9.17) is 23.2 Å². The minimum absolute atomic E-state index is 0.0875. The molecule has 2 rings (SSSR count). The third-order valence-corrected chi connectivity index (χ3v) is 3.04. The van der Waals surface area contributed by atoms with Crippen LogP contribution in [0.3, 0.4) is 0 Å². The van der Waals surface area contributed by atoms with E-state index in [1.807, 2.05) is 0 Å². The van der Waals surface area contributed by atoms with Crippen molar-refractivity contribution in [2.24, 2.45) is 7.05 Å². The summed E-state index contributed by atoms with van der Waals surface area (Å²) in [6.07, 6.45) is -3.99. The molecule has 1 aromatic heterocycles. The van der Waals surface area contributed by atoms with Crippen LogP contribution in [-0.4, -0.2) is 9.36 Å². The highest BCUT2D eigenvalue weighted by Crippen LogP contribution is 2.28. The zero-order chi connectivity index (χ0) is 14.4. The van der Waals surface area contributed by atoms with Gasteiger partial charge in [0, 0.05) is 18.3 Å². The second-order valence-electron chi connectivity index (χ2n) is 3.83. The van der Waals surface area contributed by atoms with Crippen LogP contribution in [0.5, 0.6) is 0 Å². The Hall–Kier alpha value is -1.40. The van der Waals surface area contributed by atoms with Gasteiger partial charge in [0.1, 0.15) is 5.56 Å². The summed E-state index contributed by atoms with van der Waals surface area (Å²) in [5, 5.41) is 0.413. The van der Waals surface area contributed by atoms with Crippen molar-refractivity contribution in [2.45, 2.75) is 6.18 Å². The second kappa shape index (κ2) is 4.61. The zero-order valence-electron chi connectivity index (χ0n) is 9.50. The molecule has 0 bridgehead atoms. The molecule has 0 radical (unpaired) electrons. The first-order valence-corrected chi connectivity index (χ1v) is 5.78. The van der Waals surface area contributed by atoms with Gasteiger partial charge < -0.3 is 0 Å². The Balaban J connectivity index is 2.71. The average Bonchev–Trinajstić information content (AvgIpc) is 2.55. The fourth-order valence-corrected chi connectivity index (χ4v) is 2.17. The molecule has 0 saturated carbocycles. The summed E-state index contributed by atoms with van der Waals surface area (Å²) in [5.74, 6) is 0. The van der Waals surface area contributed by atoms with Gasteiger partial charge in [-0.3, -0.25) is 9.48 Å². The number of halogens is 5. The summed E-state index contributed by atoms with van der Waals surface area (Å²) in [6, 6.07) is 4.17. The van der Waals surface area contributed by atoms with Gasteiger partial charge in [-0.25, -0.2) is 4.68 Å². The van der Waals surface area contributed by atoms with Gasteiger partial charge in [-0.15, -0.1) is 0 Å². The van der Waals surface area contributed by atoms with Gasteiger partial charge in [0.05, 0.1) is 10.7 Å². The average molecular weight is 311 g/mol. The predicted octanol–water partition coefficient (Wildman–Crippen LogP) is 3.50. The van der Waals surface area contributed by atoms with Crippen LogP contribution < -0.4 is 5.56 Å². The smallest absolute Gasteiger partial charge is 0.288 e. The molecule has 0 aliphatic rings. The molecule has 8 heteroatoms. The maximum absolute atomic E-state index is 12.6. The van der Waals surface area contributed by atoms with E-state index in [2.05, 4.69) is 0 Å². The quantitative estimate of drug-likeness (QED) is 0.792. The maximum atomic E-state index is 12.6. The van der Waals surface area contributed by atoms with Crippen molar-refractivity contribution in [1.29, 1.82) is 0 Å². The van der Waals surface area contributed by atoms with Crippen molar-refractivity contribution in [3.8, 4) is 5.69 Å². The summed E-state index contributed by atoms with van der Waals surface area (Å²) in [7, 11) is 1.32. The summed E-state index contributed by atoms with van der Waals surface area (Å²) in [4.78, 5) is 11.8. The zero-order valence-corrected chi connectivity index (χ0v) is 11.0. The van der Waals surface area contributed by atoms with Crippen LogP contribution in [0.15, 0.2) is 29.2 Å². The minimum Gasteiger partial charge on any atom is -0.288 e. The Morgan fingerprint density at radius 1 is 1.21 bits per heavy atom. The standard InChI is InChI=1S/C11H7Cl2F3N2O/c1-17-5-7(11(14,15)16)10(19)18(17)9-3-2-6(12)4-8(9)13/h2-5H,1H3. The molecule has 19 heavy (non-hydrogen) atoms. The van der Waals surface area contributed by atoms with Gasteiger partial charge in [0.2, 0.25) is 0 Å². The molecule has 0 aliphatic carbocycles. The van der Waals surface area contributed by atoms with Crippen LogP contribution >= 0.6 is 23.2 Å². The number of rotatable bonds is 1. The molecule has 0 N–H and O–H groups in total. The van der Waals surface area contributed by atoms with Gasteiger partial charge in [0.15, 0.2) is 0 Å². The van der Waals surface area contributed by atoms with Crippen LogP contribution in [-0.2, 0) is 13.2 Å². The third kappa shape index (κ3) is 2.50. The molecule has 0 spiro atoms. The molecule has 0 saturated heterocycles. The molecular weight excluding hydrogens is 304 g/mol. The molecule has 0 aliphatic heterocycles. The number of alkyl halides is 3. The Morgan fingerprint density at radius 3 is 2.32 bits per heavy atom. The van der Waals surface area contributed by atoms with Crippen LogP contribution in [0.1, 0.15) is 5.56 Å². The SMILES string of the molecule is Cn1cc(C(F)(F)F)c(=O)n1-c1ccc(Cl)cc1Cl. The molecule has 0 unspecified atom stereocenters. The van der Waals surface area contributed by atoms with Crippen molar-refractivity contribution >= 4 is 23.2 Å². The van der Waals surface area contributed by atoms with Gasteiger partial charge in [-0.2, -0.15) is 13.2 Å². The molecule has 0 fully saturated rings. The Morgan fingerprint density at radius 2 is 1.84 bits per heavy atom. The molecule has 1 heterocycles. The van der Waals surface area contributed by atoms with Gasteiger partial charge in [-0.05, 0) is 18.2 Å². The van der Waals surface area contributed by atoms with Crippen molar-refractivity contribution in [3.05, 3.63) is 50.4 Å². The Kier molecular flexibility index (Phi) is 3.40. The van der Waals surface area contributed by atoms with Crippen molar-refractivity contribution in [1.82, 2.24) is 9.36 Å². The molecule has 102 valence electrons. The summed E-state index contributed by atoms with van der Waals surface area (Å²) >= 11 is 11.6. The fourth-order valence-electron chi connectivity index (χ4n) is 1.68. The lowest BCUT2D eigenvalue weighted by molar-refractivity contribution is -0.138. The van der Waals surface area contributed by atoms with Crippen LogP contribution in [0.25, 0.3) is 5.69 Å². The molecular formula is C11H7Cl2F3N2O. The second-order valence-corrected chi connectivity index (χ2v) is 4.67. The van der Waals surface area contributed by atoms with E-state index < -0.39 is 17.3 Å². The molecule has 0 amide bonds. The minimum atomic E-state index is -4.71. The first-order valence-electron chi connectivity index (χ1n) is 5.03. The predicted molar refractivity (Wildman–Crippen MR) is 66.0 cm³/mol. The van der Waals surface area contributed by atoms with Crippen molar-refractivity contribution < 1.29 is 13.2 Å². The maximum Gasteiger partial charge on any atom is 0.423 e. The highest BCUT2D eigenvalue weighted by molar-refractivity contribution is 6.35. The van der Waals surface area contributed by atoms with Gasteiger partial charge >= 0.3 is 6.18 Å². The van der Waals surface area contributed by atoms with Crippen LogP contribution in [0.2, 0.25) is 10.0 Å². The number of aryl methyl sites for hydroxylation is 1. The first-order chi connectivity index (χ1) is 8.71. The summed E-state index contributed by atoms with van der Waals surface area (Å²) < 4.78 is 39.8. The summed E-state index contributed by atoms with van der Waals surface area (Å²) in [5.41, 5.74) is -2.30. The number of aromatic nitrogens is 2. The fraction of sp³-hybridized carbons (Fsp3) is 0.182. The molecule has 0 atom stereocenters. The number of hydrogen-bond acceptors (Lipinski definition) is 1. The highest BCUT2D eigenvalue weighted by Gasteiger charge is 2.36. The van der Waals surface area contributed by atoms with E-state index in [9.17, 15) is 18.0 Å². The van der Waals surface area contributed by atoms with Crippen molar-refractivity contribution in [3.63, 3.8) is 0 Å². The van der Waals surface area contributed by atoms with Gasteiger partial charge in [0.25, 0.3) is 5.56 Å². The van der Waals surface area contributed by atoms with E-state index in [0.717, 1.165) is 9.36 Å². The van der Waals surface area contributed by atoms with Crippen LogP contribution in [0, 0.1) is 0 Å². The molecule has 1 aromatic carbocycles. The van der Waals surface area contributed by atoms with Crippen LogP contribution in [0.4, 0.5) is 13.2 Å². The monoisotopic (exact) mass is 310 g/mol. The third-order valence-electron chi connectivity index (χ3n) is 2.50. The van der Waals surface area contributed by atoms with E-state index in [0.29, 0.717) is 11.2 Å². The lowest BCUT2D eigenvalue weighted by Gasteiger charge is -2.08. The van der Waals surface area contributed by atoms with E-state index >= 15 is 0 Å². The van der Waals surface area contributed by atoms with Crippen molar-refractivity contribution in [2.75, 3.05) is 0 Å². The topological polar surface area (TPSA) is 26.9 Å². The Bertz CT molecular complexity index is 688. The number of hydrogen-bond donors (Lipinski definition) is 0. The highest BCUT2D eigenvalue weighted by atomic mass is 35.5. The lowest BCUT2D eigenvalue weighted by Crippen LogP contribution is -2.24. The molecule has 2 aromatic rings. The largest absolute Gasteiger partial charge is 0.423 e. The lowest BCUT2D eigenvalue weighted by atomic mass is 10.3. The Labute approximate surface area is 115 Å². The number of benzene rings is 1. The van der Waals surface area contributed by atoms with E-state index in [1.54, 1.807) is 0 Å². The molecule has 3 nitrogen and oxygen atoms in total. The number of nitrogens with zero attached hydrogens (tertiary/aromatic N) is 2. The summed E-state index contributed by atoms with van der Waals surface area (Å²) in [6.45, 7) is 0. The van der Waals surface area contributed by atoms with E-state index in [-0.39, 0.29) is 10.7 Å². The van der Waals surface area contributed by atoms with E-state index in [1.165, 1.54) is 25.2 Å².